The fourth-order valence-electron chi connectivity index (χ4n) is 2.51. The van der Waals surface area contributed by atoms with Crippen LogP contribution in [-0.4, -0.2) is 50.2 Å². The minimum absolute atomic E-state index is 0. The van der Waals surface area contributed by atoms with Gasteiger partial charge in [0.05, 0.1) is 18.7 Å². The van der Waals surface area contributed by atoms with Crippen LogP contribution in [0.5, 0.6) is 11.5 Å². The van der Waals surface area contributed by atoms with Gasteiger partial charge in [0, 0.05) is 19.6 Å². The third-order valence-electron chi connectivity index (χ3n) is 3.46. The number of hydrogen-bond donors (Lipinski definition) is 1. The second-order valence-corrected chi connectivity index (χ2v) is 4.50. The molecule has 1 aromatic carbocycles. The molecule has 1 atom stereocenters. The van der Waals surface area contributed by atoms with E-state index in [4.69, 9.17) is 9.47 Å². The van der Waals surface area contributed by atoms with E-state index in [0.29, 0.717) is 23.7 Å². The zero-order chi connectivity index (χ0) is 12.5. The number of methoxy groups -OCH3 is 1. The Hall–Kier alpha value is -1.46. The normalized spacial score (nSPS) is 21.4. The number of nitrogens with one attached hydrogen (secondary N) is 1. The van der Waals surface area contributed by atoms with Gasteiger partial charge in [-0.15, -0.1) is 12.4 Å². The number of nitrogens with zero attached hydrogens (tertiary/aromatic N) is 1. The van der Waals surface area contributed by atoms with Crippen LogP contribution < -0.4 is 14.8 Å². The number of halogens is 1. The molecule has 0 aliphatic carbocycles. The molecule has 1 saturated heterocycles. The Morgan fingerprint density at radius 3 is 3.11 bits per heavy atom. The zero-order valence-electron chi connectivity index (χ0n) is 10.7. The van der Waals surface area contributed by atoms with E-state index in [1.165, 1.54) is 0 Å². The van der Waals surface area contributed by atoms with Crippen LogP contribution in [0.2, 0.25) is 0 Å². The third kappa shape index (κ3) is 2.35. The van der Waals surface area contributed by atoms with Gasteiger partial charge in [0.1, 0.15) is 6.61 Å². The van der Waals surface area contributed by atoms with E-state index in [-0.39, 0.29) is 24.4 Å². The van der Waals surface area contributed by atoms with Crippen LogP contribution >= 0.6 is 12.4 Å². The summed E-state index contributed by atoms with van der Waals surface area (Å²) >= 11 is 0. The SMILES string of the molecule is COc1cccc2c1OCC1CNCCN1C2=O.Cl. The Morgan fingerprint density at radius 2 is 2.32 bits per heavy atom. The Morgan fingerprint density at radius 1 is 1.47 bits per heavy atom. The quantitative estimate of drug-likeness (QED) is 0.833. The van der Waals surface area contributed by atoms with Crippen molar-refractivity contribution in [2.45, 2.75) is 6.04 Å². The highest BCUT2D eigenvalue weighted by atomic mass is 35.5. The molecule has 3 rings (SSSR count). The largest absolute Gasteiger partial charge is 0.493 e. The molecule has 1 unspecified atom stereocenters. The molecule has 1 aromatic rings. The predicted octanol–water partition coefficient (Wildman–Crippen LogP) is 0.923. The van der Waals surface area contributed by atoms with Crippen molar-refractivity contribution in [3.63, 3.8) is 0 Å². The van der Waals surface area contributed by atoms with Gasteiger partial charge in [-0.2, -0.15) is 0 Å². The van der Waals surface area contributed by atoms with Crippen LogP contribution in [0.1, 0.15) is 10.4 Å². The van der Waals surface area contributed by atoms with Crippen molar-refractivity contribution in [3.8, 4) is 11.5 Å². The van der Waals surface area contributed by atoms with Crippen molar-refractivity contribution < 1.29 is 14.3 Å². The Bertz CT molecular complexity index is 481. The molecule has 19 heavy (non-hydrogen) atoms. The van der Waals surface area contributed by atoms with Crippen molar-refractivity contribution in [2.24, 2.45) is 0 Å². The molecule has 2 heterocycles. The van der Waals surface area contributed by atoms with Crippen molar-refractivity contribution in [1.82, 2.24) is 10.2 Å². The summed E-state index contributed by atoms with van der Waals surface area (Å²) in [6.45, 7) is 2.85. The summed E-state index contributed by atoms with van der Waals surface area (Å²) in [5.74, 6) is 1.22. The van der Waals surface area contributed by atoms with E-state index in [9.17, 15) is 4.79 Å². The predicted molar refractivity (Wildman–Crippen MR) is 73.4 cm³/mol. The lowest BCUT2D eigenvalue weighted by Gasteiger charge is -2.33. The topological polar surface area (TPSA) is 50.8 Å². The maximum atomic E-state index is 12.5. The highest BCUT2D eigenvalue weighted by Crippen LogP contribution is 2.34. The van der Waals surface area contributed by atoms with Gasteiger partial charge >= 0.3 is 0 Å². The molecule has 104 valence electrons. The molecule has 1 N–H and O–H groups in total. The summed E-state index contributed by atoms with van der Waals surface area (Å²) < 4.78 is 11.0. The molecule has 1 amide bonds. The standard InChI is InChI=1S/C13H16N2O3.ClH/c1-17-11-4-2-3-10-12(11)18-8-9-7-14-5-6-15(9)13(10)16;/h2-4,9,14H,5-8H2,1H3;1H. The van der Waals surface area contributed by atoms with E-state index in [0.717, 1.165) is 19.6 Å². The fourth-order valence-corrected chi connectivity index (χ4v) is 2.51. The first-order valence-electron chi connectivity index (χ1n) is 6.12. The summed E-state index contributed by atoms with van der Waals surface area (Å²) in [7, 11) is 1.59. The summed E-state index contributed by atoms with van der Waals surface area (Å²) in [5.41, 5.74) is 0.596. The molecular weight excluding hydrogens is 268 g/mol. The van der Waals surface area contributed by atoms with Crippen molar-refractivity contribution in [2.75, 3.05) is 33.4 Å². The number of piperazine rings is 1. The van der Waals surface area contributed by atoms with Gasteiger partial charge in [0.25, 0.3) is 5.91 Å². The van der Waals surface area contributed by atoms with Crippen LogP contribution in [0, 0.1) is 0 Å². The van der Waals surface area contributed by atoms with E-state index >= 15 is 0 Å². The number of amides is 1. The third-order valence-corrected chi connectivity index (χ3v) is 3.46. The number of ether oxygens (including phenoxy) is 2. The fraction of sp³-hybridized carbons (Fsp3) is 0.462. The molecule has 0 saturated carbocycles. The number of rotatable bonds is 1. The molecule has 2 aliphatic heterocycles. The van der Waals surface area contributed by atoms with Gasteiger partial charge in [0.15, 0.2) is 11.5 Å². The smallest absolute Gasteiger partial charge is 0.258 e. The van der Waals surface area contributed by atoms with Gasteiger partial charge in [0.2, 0.25) is 0 Å². The molecule has 1 fully saturated rings. The highest BCUT2D eigenvalue weighted by molar-refractivity contribution is 5.98. The van der Waals surface area contributed by atoms with Crippen LogP contribution in [0.25, 0.3) is 0 Å². The summed E-state index contributed by atoms with van der Waals surface area (Å²) in [6, 6.07) is 5.53. The lowest BCUT2D eigenvalue weighted by Crippen LogP contribution is -2.54. The van der Waals surface area contributed by atoms with Gasteiger partial charge in [-0.25, -0.2) is 0 Å². The average molecular weight is 285 g/mol. The average Bonchev–Trinajstić information content (AvgIpc) is 2.57. The molecular formula is C13H17ClN2O3. The maximum absolute atomic E-state index is 12.5. The van der Waals surface area contributed by atoms with Crippen molar-refractivity contribution in [3.05, 3.63) is 23.8 Å². The lowest BCUT2D eigenvalue weighted by molar-refractivity contribution is 0.0606. The van der Waals surface area contributed by atoms with Crippen LogP contribution in [0.15, 0.2) is 18.2 Å². The maximum Gasteiger partial charge on any atom is 0.258 e. The van der Waals surface area contributed by atoms with Crippen LogP contribution in [-0.2, 0) is 0 Å². The lowest BCUT2D eigenvalue weighted by atomic mass is 10.1. The van der Waals surface area contributed by atoms with E-state index in [1.807, 2.05) is 17.0 Å². The van der Waals surface area contributed by atoms with Crippen molar-refractivity contribution in [1.29, 1.82) is 0 Å². The van der Waals surface area contributed by atoms with E-state index in [1.54, 1.807) is 13.2 Å². The molecule has 6 heteroatoms. The van der Waals surface area contributed by atoms with Crippen molar-refractivity contribution >= 4 is 18.3 Å². The molecule has 0 radical (unpaired) electrons. The number of para-hydroxylation sites is 1. The highest BCUT2D eigenvalue weighted by Gasteiger charge is 2.33. The summed E-state index contributed by atoms with van der Waals surface area (Å²) in [5, 5.41) is 3.28. The molecule has 2 aliphatic rings. The molecule has 0 aromatic heterocycles. The minimum atomic E-state index is 0. The first-order valence-corrected chi connectivity index (χ1v) is 6.12. The van der Waals surface area contributed by atoms with Gasteiger partial charge < -0.3 is 19.7 Å². The van der Waals surface area contributed by atoms with Crippen LogP contribution in [0.4, 0.5) is 0 Å². The van der Waals surface area contributed by atoms with Gasteiger partial charge in [-0.3, -0.25) is 4.79 Å². The van der Waals surface area contributed by atoms with Gasteiger partial charge in [-0.1, -0.05) is 6.07 Å². The first kappa shape index (κ1) is 14.0. The number of hydrogen-bond acceptors (Lipinski definition) is 4. The number of carbonyl (C=O) groups excluding carboxylic acids is 1. The number of fused-ring (bicyclic) bond motifs is 2. The monoisotopic (exact) mass is 284 g/mol. The molecule has 5 nitrogen and oxygen atoms in total. The number of carbonyl (C=O) groups is 1. The van der Waals surface area contributed by atoms with Crippen LogP contribution in [0.3, 0.4) is 0 Å². The molecule has 0 spiro atoms. The summed E-state index contributed by atoms with van der Waals surface area (Å²) in [6.07, 6.45) is 0. The molecule has 0 bridgehead atoms. The minimum Gasteiger partial charge on any atom is -0.493 e. The number of benzene rings is 1. The van der Waals surface area contributed by atoms with E-state index < -0.39 is 0 Å². The first-order chi connectivity index (χ1) is 8.81. The summed E-state index contributed by atoms with van der Waals surface area (Å²) in [4.78, 5) is 14.4. The van der Waals surface area contributed by atoms with Gasteiger partial charge in [-0.05, 0) is 12.1 Å². The van der Waals surface area contributed by atoms with E-state index in [2.05, 4.69) is 5.32 Å². The second kappa shape index (κ2) is 5.67. The Labute approximate surface area is 118 Å². The Kier molecular flexibility index (Phi) is 4.17. The second-order valence-electron chi connectivity index (χ2n) is 4.50. The zero-order valence-corrected chi connectivity index (χ0v) is 11.5. The Balaban J connectivity index is 0.00000133.